The molecule has 4 aromatic rings. The zero-order valence-electron chi connectivity index (χ0n) is 20.1. The van der Waals surface area contributed by atoms with Crippen molar-refractivity contribution in [3.05, 3.63) is 110 Å². The summed E-state index contributed by atoms with van der Waals surface area (Å²) in [6, 6.07) is 20.8. The molecule has 0 fully saturated rings. The summed E-state index contributed by atoms with van der Waals surface area (Å²) in [6.45, 7) is 3.55. The summed E-state index contributed by atoms with van der Waals surface area (Å²) in [5.74, 6) is 0.346. The summed E-state index contributed by atoms with van der Waals surface area (Å²) in [5, 5.41) is 6.18. The van der Waals surface area contributed by atoms with E-state index in [2.05, 4.69) is 10.6 Å². The number of aryl methyl sites for hydroxylation is 1. The normalized spacial score (nSPS) is 10.7. The Morgan fingerprint density at radius 2 is 1.39 bits per heavy atom. The van der Waals surface area contributed by atoms with Crippen molar-refractivity contribution in [2.45, 2.75) is 23.6 Å². The summed E-state index contributed by atoms with van der Waals surface area (Å²) >= 11 is 26.3. The van der Waals surface area contributed by atoms with Crippen LogP contribution in [-0.2, 0) is 0 Å². The van der Waals surface area contributed by atoms with Crippen LogP contribution in [0.1, 0.15) is 21.5 Å². The lowest BCUT2D eigenvalue weighted by Crippen LogP contribution is -2.34. The monoisotopic (exact) mass is 604 g/mol. The average Bonchev–Trinajstić information content (AvgIpc) is 2.87. The Balaban J connectivity index is 1.44. The Bertz CT molecular complexity index is 1490. The lowest BCUT2D eigenvalue weighted by atomic mass is 10.1. The zero-order valence-corrected chi connectivity index (χ0v) is 23.9. The molecule has 0 bridgehead atoms. The predicted octanol–water partition coefficient (Wildman–Crippen LogP) is 9.82. The Labute approximate surface area is 244 Å². The Hall–Kier alpha value is -2.87. The molecule has 0 unspecified atom stereocenters. The van der Waals surface area contributed by atoms with Crippen LogP contribution in [0.4, 0.5) is 10.5 Å². The van der Waals surface area contributed by atoms with E-state index in [1.807, 2.05) is 55.5 Å². The maximum atomic E-state index is 12.5. The summed E-state index contributed by atoms with van der Waals surface area (Å²) in [7, 11) is 0. The molecule has 194 valence electrons. The molecule has 0 aliphatic heterocycles. The van der Waals surface area contributed by atoms with Crippen molar-refractivity contribution >= 4 is 75.8 Å². The molecule has 0 spiro atoms. The highest BCUT2D eigenvalue weighted by molar-refractivity contribution is 7.99. The second kappa shape index (κ2) is 12.3. The van der Waals surface area contributed by atoms with E-state index in [1.165, 1.54) is 12.1 Å². The topological polar surface area (TPSA) is 67.4 Å². The van der Waals surface area contributed by atoms with Gasteiger partial charge in [-0.2, -0.15) is 0 Å². The molecule has 5 nitrogen and oxygen atoms in total. The number of urea groups is 1. The lowest BCUT2D eigenvalue weighted by molar-refractivity contribution is 0.0967. The van der Waals surface area contributed by atoms with Gasteiger partial charge in [0.05, 0.1) is 20.6 Å². The van der Waals surface area contributed by atoms with E-state index >= 15 is 0 Å². The van der Waals surface area contributed by atoms with E-state index in [0.717, 1.165) is 9.79 Å². The smallest absolute Gasteiger partial charge is 0.326 e. The highest BCUT2D eigenvalue weighted by Gasteiger charge is 2.19. The molecule has 0 saturated heterocycles. The largest absolute Gasteiger partial charge is 0.456 e. The lowest BCUT2D eigenvalue weighted by Gasteiger charge is -2.17. The number of carbonyl (C=O) groups is 2. The van der Waals surface area contributed by atoms with Gasteiger partial charge in [0.2, 0.25) is 0 Å². The number of hydrogen-bond acceptors (Lipinski definition) is 4. The van der Waals surface area contributed by atoms with E-state index in [-0.39, 0.29) is 15.6 Å². The number of hydrogen-bond donors (Lipinski definition) is 2. The van der Waals surface area contributed by atoms with Gasteiger partial charge in [0, 0.05) is 20.5 Å². The quantitative estimate of drug-likeness (QED) is 0.229. The molecule has 0 aliphatic rings. The second-order valence-corrected chi connectivity index (χ2v) is 10.9. The van der Waals surface area contributed by atoms with E-state index < -0.39 is 11.9 Å². The van der Waals surface area contributed by atoms with Crippen molar-refractivity contribution in [3.63, 3.8) is 0 Å². The van der Waals surface area contributed by atoms with Gasteiger partial charge in [0.1, 0.15) is 11.5 Å². The van der Waals surface area contributed by atoms with E-state index in [9.17, 15) is 9.59 Å². The number of rotatable bonds is 6. The summed E-state index contributed by atoms with van der Waals surface area (Å²) in [4.78, 5) is 27.2. The minimum Gasteiger partial charge on any atom is -0.456 e. The number of benzene rings is 4. The molecule has 3 amide bonds. The van der Waals surface area contributed by atoms with Crippen LogP contribution >= 0.6 is 58.2 Å². The molecule has 0 heterocycles. The van der Waals surface area contributed by atoms with Crippen molar-refractivity contribution in [1.29, 1.82) is 0 Å². The van der Waals surface area contributed by atoms with Crippen LogP contribution < -0.4 is 15.4 Å². The molecule has 0 atom stereocenters. The number of anilines is 1. The molecule has 38 heavy (non-hydrogen) atoms. The first kappa shape index (κ1) is 28.1. The first-order valence-electron chi connectivity index (χ1n) is 11.2. The number of imide groups is 1. The summed E-state index contributed by atoms with van der Waals surface area (Å²) in [6.07, 6.45) is 0. The molecule has 10 heteroatoms. The number of carbonyl (C=O) groups excluding carboxylic acids is 2. The fourth-order valence-corrected chi connectivity index (χ4v) is 5.27. The molecule has 0 saturated carbocycles. The van der Waals surface area contributed by atoms with Gasteiger partial charge in [-0.3, -0.25) is 10.1 Å². The third kappa shape index (κ3) is 6.76. The van der Waals surface area contributed by atoms with Crippen LogP contribution in [0.25, 0.3) is 0 Å². The maximum absolute atomic E-state index is 12.5. The van der Waals surface area contributed by atoms with Gasteiger partial charge in [-0.15, -0.1) is 0 Å². The SMILES string of the molecule is Cc1cc(NC(=O)NC(=O)c2c(Cl)cccc2Cl)c(C)c(Cl)c1Oc1ccc(Sc2ccc(Cl)cc2)cc1. The number of ether oxygens (including phenoxy) is 1. The first-order chi connectivity index (χ1) is 18.1. The van der Waals surface area contributed by atoms with Crippen molar-refractivity contribution in [3.8, 4) is 11.5 Å². The fourth-order valence-electron chi connectivity index (χ4n) is 3.47. The van der Waals surface area contributed by atoms with Crippen molar-refractivity contribution < 1.29 is 14.3 Å². The van der Waals surface area contributed by atoms with Crippen molar-refractivity contribution in [2.75, 3.05) is 5.32 Å². The Morgan fingerprint density at radius 1 is 0.816 bits per heavy atom. The van der Waals surface area contributed by atoms with Crippen molar-refractivity contribution in [2.24, 2.45) is 0 Å². The number of halogens is 4. The number of amides is 3. The van der Waals surface area contributed by atoms with E-state index in [4.69, 9.17) is 51.1 Å². The van der Waals surface area contributed by atoms with Gasteiger partial charge in [0.25, 0.3) is 5.91 Å². The Kier molecular flexibility index (Phi) is 9.13. The van der Waals surface area contributed by atoms with Gasteiger partial charge in [0.15, 0.2) is 0 Å². The molecule has 0 aromatic heterocycles. The predicted molar refractivity (Wildman–Crippen MR) is 156 cm³/mol. The van der Waals surface area contributed by atoms with Crippen LogP contribution in [-0.4, -0.2) is 11.9 Å². The van der Waals surface area contributed by atoms with Crippen LogP contribution in [0.2, 0.25) is 20.1 Å². The average molecular weight is 606 g/mol. The van der Waals surface area contributed by atoms with Crippen LogP contribution in [0, 0.1) is 13.8 Å². The highest BCUT2D eigenvalue weighted by Crippen LogP contribution is 2.39. The van der Waals surface area contributed by atoms with Crippen LogP contribution in [0.5, 0.6) is 11.5 Å². The zero-order chi connectivity index (χ0) is 27.4. The van der Waals surface area contributed by atoms with E-state index in [1.54, 1.807) is 30.8 Å². The first-order valence-corrected chi connectivity index (χ1v) is 13.5. The van der Waals surface area contributed by atoms with Crippen LogP contribution in [0.15, 0.2) is 82.6 Å². The van der Waals surface area contributed by atoms with Crippen molar-refractivity contribution in [1.82, 2.24) is 5.32 Å². The summed E-state index contributed by atoms with van der Waals surface area (Å²) < 4.78 is 6.08. The number of nitrogens with one attached hydrogen (secondary N) is 2. The maximum Gasteiger partial charge on any atom is 0.326 e. The standard InChI is InChI=1S/C28H20Cl4N2O3S/c1-15-14-23(33-28(36)34-27(35)24-21(30)4-3-5-22(24)31)16(2)25(32)26(15)37-18-8-12-20(13-9-18)38-19-10-6-17(29)7-11-19/h3-14H,1-2H3,(H2,33,34,35,36). The third-order valence-electron chi connectivity index (χ3n) is 5.41. The second-order valence-electron chi connectivity index (χ2n) is 8.14. The highest BCUT2D eigenvalue weighted by atomic mass is 35.5. The third-order valence-corrected chi connectivity index (χ3v) is 7.76. The van der Waals surface area contributed by atoms with Gasteiger partial charge >= 0.3 is 6.03 Å². The molecule has 4 rings (SSSR count). The fraction of sp³-hybridized carbons (Fsp3) is 0.0714. The molecular formula is C28H20Cl4N2O3S. The van der Waals surface area contributed by atoms with Gasteiger partial charge in [-0.05, 0) is 91.7 Å². The molecule has 4 aromatic carbocycles. The molecule has 2 N–H and O–H groups in total. The van der Waals surface area contributed by atoms with Gasteiger partial charge in [-0.25, -0.2) is 4.79 Å². The summed E-state index contributed by atoms with van der Waals surface area (Å²) in [5.41, 5.74) is 1.69. The minimum absolute atomic E-state index is 0.0123. The molecule has 0 radical (unpaired) electrons. The molecule has 0 aliphatic carbocycles. The minimum atomic E-state index is -0.757. The van der Waals surface area contributed by atoms with Gasteiger partial charge < -0.3 is 10.1 Å². The molecular weight excluding hydrogens is 586 g/mol. The van der Waals surface area contributed by atoms with Crippen LogP contribution in [0.3, 0.4) is 0 Å². The van der Waals surface area contributed by atoms with Gasteiger partial charge in [-0.1, -0.05) is 64.2 Å². The van der Waals surface area contributed by atoms with E-state index in [0.29, 0.717) is 38.4 Å². The Morgan fingerprint density at radius 3 is 2.00 bits per heavy atom.